The predicted octanol–water partition coefficient (Wildman–Crippen LogP) is 4.40. The van der Waals surface area contributed by atoms with Crippen LogP contribution in [0.15, 0.2) is 47.2 Å². The minimum Gasteiger partial charge on any atom is -0.473 e. The van der Waals surface area contributed by atoms with Crippen molar-refractivity contribution in [2.45, 2.75) is 39.5 Å². The van der Waals surface area contributed by atoms with Crippen molar-refractivity contribution in [3.63, 3.8) is 0 Å². The molecule has 2 heterocycles. The fraction of sp³-hybridized carbons (Fsp3) is 0.423. The Labute approximate surface area is 220 Å². The predicted molar refractivity (Wildman–Crippen MR) is 145 cm³/mol. The summed E-state index contributed by atoms with van der Waals surface area (Å²) in [4.78, 5) is 25.3. The van der Waals surface area contributed by atoms with Gasteiger partial charge in [-0.2, -0.15) is 0 Å². The van der Waals surface area contributed by atoms with Gasteiger partial charge in [-0.05, 0) is 44.5 Å². The standard InChI is InChI=1S/C26H33BrN6O3/c1-4-24(33-10-8-32(9-11-33)15-25(34)35-17(2)3)36-23-14-22-20(13-21(23)28)26(30-16-29-22)31-19-7-5-6-18(27)12-19/h5-7,12-14,16-17,24H,4,8-11,15,28H2,1-3H3,(H,29,30,31). The fourth-order valence-electron chi connectivity index (χ4n) is 4.26. The Morgan fingerprint density at radius 1 is 1.17 bits per heavy atom. The molecule has 0 bridgehead atoms. The van der Waals surface area contributed by atoms with E-state index in [0.29, 0.717) is 23.8 Å². The molecule has 4 rings (SSSR count). The number of carbonyl (C=O) groups excluding carboxylic acids is 1. The zero-order chi connectivity index (χ0) is 25.7. The number of anilines is 3. The molecule has 1 aliphatic rings. The number of benzene rings is 2. The summed E-state index contributed by atoms with van der Waals surface area (Å²) < 4.78 is 12.6. The quantitative estimate of drug-likeness (QED) is 0.293. The molecular weight excluding hydrogens is 524 g/mol. The number of fused-ring (bicyclic) bond motifs is 1. The Hall–Kier alpha value is -2.95. The second-order valence-corrected chi connectivity index (χ2v) is 10.0. The molecule has 9 nitrogen and oxygen atoms in total. The summed E-state index contributed by atoms with van der Waals surface area (Å²) in [6, 6.07) is 11.6. The minimum atomic E-state index is -0.179. The van der Waals surface area contributed by atoms with Crippen LogP contribution in [0.4, 0.5) is 17.2 Å². The first kappa shape index (κ1) is 26.1. The summed E-state index contributed by atoms with van der Waals surface area (Å²) in [5.41, 5.74) is 8.61. The van der Waals surface area contributed by atoms with Crippen LogP contribution in [0.2, 0.25) is 0 Å². The summed E-state index contributed by atoms with van der Waals surface area (Å²) in [6.45, 7) is 9.28. The molecule has 2 aromatic carbocycles. The van der Waals surface area contributed by atoms with Crippen molar-refractivity contribution in [1.82, 2.24) is 19.8 Å². The lowest BCUT2D eigenvalue weighted by molar-refractivity contribution is -0.149. The van der Waals surface area contributed by atoms with E-state index >= 15 is 0 Å². The highest BCUT2D eigenvalue weighted by molar-refractivity contribution is 9.10. The van der Waals surface area contributed by atoms with Crippen LogP contribution in [0.3, 0.4) is 0 Å². The second-order valence-electron chi connectivity index (χ2n) is 9.10. The maximum atomic E-state index is 12.0. The number of rotatable bonds is 9. The number of hydrogen-bond acceptors (Lipinski definition) is 9. The van der Waals surface area contributed by atoms with Gasteiger partial charge in [0, 0.05) is 47.8 Å². The number of aromatic nitrogens is 2. The average molecular weight is 557 g/mol. The molecular formula is C26H33BrN6O3. The van der Waals surface area contributed by atoms with Gasteiger partial charge in [-0.25, -0.2) is 9.97 Å². The number of halogens is 1. The van der Waals surface area contributed by atoms with Gasteiger partial charge in [0.25, 0.3) is 0 Å². The molecule has 0 aliphatic carbocycles. The molecule has 0 radical (unpaired) electrons. The van der Waals surface area contributed by atoms with Crippen LogP contribution in [-0.2, 0) is 9.53 Å². The van der Waals surface area contributed by atoms with Crippen LogP contribution in [0.1, 0.15) is 27.2 Å². The Morgan fingerprint density at radius 2 is 1.94 bits per heavy atom. The van der Waals surface area contributed by atoms with E-state index < -0.39 is 0 Å². The topological polar surface area (TPSA) is 106 Å². The van der Waals surface area contributed by atoms with Gasteiger partial charge in [-0.1, -0.05) is 28.9 Å². The highest BCUT2D eigenvalue weighted by atomic mass is 79.9. The van der Waals surface area contributed by atoms with Crippen LogP contribution in [0, 0.1) is 0 Å². The van der Waals surface area contributed by atoms with Crippen molar-refractivity contribution in [2.24, 2.45) is 0 Å². The van der Waals surface area contributed by atoms with E-state index in [0.717, 1.165) is 53.7 Å². The zero-order valence-electron chi connectivity index (χ0n) is 20.9. The lowest BCUT2D eigenvalue weighted by Crippen LogP contribution is -2.53. The molecule has 10 heteroatoms. The number of carbonyl (C=O) groups is 1. The molecule has 0 amide bonds. The van der Waals surface area contributed by atoms with Gasteiger partial charge in [0.1, 0.15) is 17.9 Å². The van der Waals surface area contributed by atoms with Gasteiger partial charge < -0.3 is 20.5 Å². The number of ether oxygens (including phenoxy) is 2. The summed E-state index contributed by atoms with van der Waals surface area (Å²) >= 11 is 3.49. The molecule has 192 valence electrons. The van der Waals surface area contributed by atoms with Gasteiger partial charge >= 0.3 is 5.97 Å². The molecule has 3 aromatic rings. The Morgan fingerprint density at radius 3 is 2.64 bits per heavy atom. The molecule has 1 saturated heterocycles. The number of nitrogens with zero attached hydrogens (tertiary/aromatic N) is 4. The van der Waals surface area contributed by atoms with Crippen molar-refractivity contribution in [2.75, 3.05) is 43.8 Å². The number of esters is 1. The average Bonchev–Trinajstić information content (AvgIpc) is 2.83. The third-order valence-corrected chi connectivity index (χ3v) is 6.49. The van der Waals surface area contributed by atoms with Gasteiger partial charge in [-0.3, -0.25) is 14.6 Å². The summed E-state index contributed by atoms with van der Waals surface area (Å²) in [6.07, 6.45) is 2.10. The molecule has 1 unspecified atom stereocenters. The van der Waals surface area contributed by atoms with Gasteiger partial charge in [-0.15, -0.1) is 0 Å². The second kappa shape index (κ2) is 11.9. The SMILES string of the molecule is CCC(Oc1cc2ncnc(Nc3cccc(Br)c3)c2cc1N)N1CCN(CC(=O)OC(C)C)CC1. The van der Waals surface area contributed by atoms with E-state index in [9.17, 15) is 4.79 Å². The van der Waals surface area contributed by atoms with E-state index in [4.69, 9.17) is 15.2 Å². The van der Waals surface area contributed by atoms with Crippen LogP contribution in [0.25, 0.3) is 10.9 Å². The van der Waals surface area contributed by atoms with Crippen molar-refractivity contribution in [3.05, 3.63) is 47.2 Å². The number of nitrogen functional groups attached to an aromatic ring is 1. The van der Waals surface area contributed by atoms with E-state index in [1.165, 1.54) is 6.33 Å². The van der Waals surface area contributed by atoms with Crippen molar-refractivity contribution < 1.29 is 14.3 Å². The van der Waals surface area contributed by atoms with E-state index in [1.54, 1.807) is 0 Å². The molecule has 0 saturated carbocycles. The number of nitrogens with one attached hydrogen (secondary N) is 1. The normalized spacial score (nSPS) is 15.7. The van der Waals surface area contributed by atoms with E-state index in [-0.39, 0.29) is 18.3 Å². The molecule has 1 fully saturated rings. The van der Waals surface area contributed by atoms with Crippen LogP contribution >= 0.6 is 15.9 Å². The fourth-order valence-corrected chi connectivity index (χ4v) is 4.66. The number of hydrogen-bond donors (Lipinski definition) is 2. The van der Waals surface area contributed by atoms with Crippen molar-refractivity contribution in [1.29, 1.82) is 0 Å². The number of nitrogens with two attached hydrogens (primary N) is 1. The third-order valence-electron chi connectivity index (χ3n) is 6.00. The van der Waals surface area contributed by atoms with Crippen molar-refractivity contribution >= 4 is 50.0 Å². The minimum absolute atomic E-state index is 0.0956. The lowest BCUT2D eigenvalue weighted by atomic mass is 10.2. The molecule has 1 aliphatic heterocycles. The highest BCUT2D eigenvalue weighted by Gasteiger charge is 2.26. The molecule has 3 N–H and O–H groups in total. The molecule has 36 heavy (non-hydrogen) atoms. The maximum Gasteiger partial charge on any atom is 0.320 e. The molecule has 1 atom stereocenters. The van der Waals surface area contributed by atoms with E-state index in [1.807, 2.05) is 50.2 Å². The Bertz CT molecular complexity index is 1200. The smallest absolute Gasteiger partial charge is 0.320 e. The van der Waals surface area contributed by atoms with Crippen LogP contribution in [-0.4, -0.2) is 70.8 Å². The largest absolute Gasteiger partial charge is 0.473 e. The first-order chi connectivity index (χ1) is 17.3. The highest BCUT2D eigenvalue weighted by Crippen LogP contribution is 2.33. The zero-order valence-corrected chi connectivity index (χ0v) is 22.5. The van der Waals surface area contributed by atoms with E-state index in [2.05, 4.69) is 47.9 Å². The van der Waals surface area contributed by atoms with Crippen LogP contribution < -0.4 is 15.8 Å². The monoisotopic (exact) mass is 556 g/mol. The van der Waals surface area contributed by atoms with Crippen molar-refractivity contribution in [3.8, 4) is 5.75 Å². The third kappa shape index (κ3) is 6.63. The Kier molecular flexibility index (Phi) is 8.60. The lowest BCUT2D eigenvalue weighted by Gasteiger charge is -2.38. The van der Waals surface area contributed by atoms with Gasteiger partial charge in [0.2, 0.25) is 0 Å². The molecule has 0 spiro atoms. The maximum absolute atomic E-state index is 12.0. The van der Waals surface area contributed by atoms with Crippen LogP contribution in [0.5, 0.6) is 5.75 Å². The first-order valence-electron chi connectivity index (χ1n) is 12.2. The summed E-state index contributed by atoms with van der Waals surface area (Å²) in [5, 5.41) is 4.16. The van der Waals surface area contributed by atoms with Gasteiger partial charge in [0.05, 0.1) is 23.9 Å². The Balaban J connectivity index is 1.44. The van der Waals surface area contributed by atoms with Gasteiger partial charge in [0.15, 0.2) is 6.23 Å². The number of piperazine rings is 1. The summed E-state index contributed by atoms with van der Waals surface area (Å²) in [7, 11) is 0. The summed E-state index contributed by atoms with van der Waals surface area (Å²) in [5.74, 6) is 1.10. The first-order valence-corrected chi connectivity index (χ1v) is 13.0. The molecule has 1 aromatic heterocycles.